The predicted molar refractivity (Wildman–Crippen MR) is 141 cm³/mol. The van der Waals surface area contributed by atoms with E-state index in [2.05, 4.69) is 18.2 Å². The Morgan fingerprint density at radius 1 is 0.559 bits per heavy atom. The van der Waals surface area contributed by atoms with E-state index in [1.807, 2.05) is 72.8 Å². The van der Waals surface area contributed by atoms with Gasteiger partial charge in [0.15, 0.2) is 0 Å². The maximum atomic E-state index is 10.9. The van der Waals surface area contributed by atoms with Gasteiger partial charge in [-0.15, -0.1) is 0 Å². The third-order valence-corrected chi connectivity index (χ3v) is 6.57. The number of fused-ring (bicyclic) bond motifs is 3. The van der Waals surface area contributed by atoms with Gasteiger partial charge in [0.1, 0.15) is 17.1 Å². The molecule has 0 fully saturated rings. The minimum atomic E-state index is 0.128. The summed E-state index contributed by atoms with van der Waals surface area (Å²) in [6.45, 7) is 0. The van der Waals surface area contributed by atoms with Crippen LogP contribution in [0.5, 0.6) is 5.75 Å². The van der Waals surface area contributed by atoms with Crippen LogP contribution in [0.3, 0.4) is 0 Å². The van der Waals surface area contributed by atoms with Gasteiger partial charge in [0.25, 0.3) is 0 Å². The summed E-state index contributed by atoms with van der Waals surface area (Å²) in [5.74, 6) is 0.882. The Balaban J connectivity index is 1.80. The molecule has 1 aliphatic carbocycles. The van der Waals surface area contributed by atoms with Gasteiger partial charge in [0.2, 0.25) is 0 Å². The monoisotopic (exact) mass is 480 g/mol. The van der Waals surface area contributed by atoms with Crippen LogP contribution < -0.4 is 0 Å². The van der Waals surface area contributed by atoms with Crippen molar-refractivity contribution >= 4 is 34.2 Å². The minimum absolute atomic E-state index is 0.128. The standard InChI is InChI=1S/C30H18Cl2O2/c31-20-11-13-22(26(33)15-20)25-17-24(18-7-3-1-4-8-18)29-28(25)23-14-12-21(32)16-27(23)34-30(29)19-9-5-2-6-10-19/h1-17,33H. The molecule has 0 atom stereocenters. The van der Waals surface area contributed by atoms with Crippen molar-refractivity contribution in [1.82, 2.24) is 0 Å². The number of rotatable bonds is 3. The number of benzene rings is 4. The maximum Gasteiger partial charge on any atom is 0.143 e. The van der Waals surface area contributed by atoms with Gasteiger partial charge in [-0.25, -0.2) is 0 Å². The largest absolute Gasteiger partial charge is 0.507 e. The molecule has 164 valence electrons. The molecule has 0 unspecified atom stereocenters. The predicted octanol–water partition coefficient (Wildman–Crippen LogP) is 9.55. The van der Waals surface area contributed by atoms with Gasteiger partial charge >= 0.3 is 0 Å². The second-order valence-electron chi connectivity index (χ2n) is 8.19. The fraction of sp³-hybridized carbons (Fsp3) is 0. The molecule has 4 aromatic rings. The first-order valence-corrected chi connectivity index (χ1v) is 11.6. The number of phenols is 1. The smallest absolute Gasteiger partial charge is 0.143 e. The summed E-state index contributed by atoms with van der Waals surface area (Å²) in [6, 6.07) is 33.3. The Kier molecular flexibility index (Phi) is 5.06. The molecule has 0 aromatic heterocycles. The molecule has 0 saturated carbocycles. The van der Waals surface area contributed by atoms with Crippen molar-refractivity contribution in [1.29, 1.82) is 0 Å². The molecule has 34 heavy (non-hydrogen) atoms. The molecule has 1 aliphatic heterocycles. The molecular weight excluding hydrogens is 463 g/mol. The molecule has 6 rings (SSSR count). The van der Waals surface area contributed by atoms with Crippen LogP contribution in [0, 0.1) is 0 Å². The molecule has 0 saturated heterocycles. The van der Waals surface area contributed by atoms with Crippen LogP contribution in [-0.4, -0.2) is 5.11 Å². The summed E-state index contributed by atoms with van der Waals surface area (Å²) in [5.41, 5.74) is 7.32. The van der Waals surface area contributed by atoms with Crippen LogP contribution in [0.1, 0.15) is 0 Å². The highest BCUT2D eigenvalue weighted by Crippen LogP contribution is 2.53. The molecule has 0 amide bonds. The fourth-order valence-electron chi connectivity index (χ4n) is 4.60. The van der Waals surface area contributed by atoms with Gasteiger partial charge in [-0.05, 0) is 53.1 Å². The number of phenolic OH excluding ortho intramolecular Hbond substituents is 1. The van der Waals surface area contributed by atoms with E-state index in [-0.39, 0.29) is 5.75 Å². The van der Waals surface area contributed by atoms with Crippen LogP contribution in [-0.2, 0) is 0 Å². The number of hydrogen-bond donors (Lipinski definition) is 1. The summed E-state index contributed by atoms with van der Waals surface area (Å²) in [6.07, 6.45) is 0. The van der Waals surface area contributed by atoms with Crippen LogP contribution in [0.15, 0.2) is 108 Å². The van der Waals surface area contributed by atoms with Gasteiger partial charge in [0, 0.05) is 43.8 Å². The fourth-order valence-corrected chi connectivity index (χ4v) is 4.93. The molecule has 0 bridgehead atoms. The summed E-state index contributed by atoms with van der Waals surface area (Å²) in [7, 11) is 0. The normalized spacial score (nSPS) is 11.4. The van der Waals surface area contributed by atoms with Crippen LogP contribution in [0.4, 0.5) is 0 Å². The molecule has 4 aromatic carbocycles. The maximum absolute atomic E-state index is 10.9. The van der Waals surface area contributed by atoms with Gasteiger partial charge < -0.3 is 9.52 Å². The quantitative estimate of drug-likeness (QED) is 0.273. The van der Waals surface area contributed by atoms with Gasteiger partial charge in [-0.2, -0.15) is 0 Å². The zero-order chi connectivity index (χ0) is 23.2. The zero-order valence-corrected chi connectivity index (χ0v) is 19.4. The lowest BCUT2D eigenvalue weighted by Crippen LogP contribution is -1.90. The highest BCUT2D eigenvalue weighted by molar-refractivity contribution is 6.31. The Bertz CT molecular complexity index is 1620. The lowest BCUT2D eigenvalue weighted by Gasteiger charge is -2.16. The third-order valence-electron chi connectivity index (χ3n) is 6.10. The molecule has 1 N–H and O–H groups in total. The Hall–Kier alpha value is -3.72. The van der Waals surface area contributed by atoms with Crippen molar-refractivity contribution < 1.29 is 9.52 Å². The summed E-state index contributed by atoms with van der Waals surface area (Å²) in [4.78, 5) is 0. The molecular formula is C30H18Cl2O2. The molecule has 2 nitrogen and oxygen atoms in total. The molecule has 1 heterocycles. The van der Waals surface area contributed by atoms with Crippen molar-refractivity contribution in [3.63, 3.8) is 0 Å². The molecule has 2 aliphatic rings. The first-order chi connectivity index (χ1) is 16.6. The average Bonchev–Trinajstić information content (AvgIpc) is 3.25. The zero-order valence-electron chi connectivity index (χ0n) is 17.9. The Labute approximate surface area is 207 Å². The molecule has 0 radical (unpaired) electrons. The van der Waals surface area contributed by atoms with Crippen molar-refractivity contribution in [2.45, 2.75) is 0 Å². The number of hydrogen-bond acceptors (Lipinski definition) is 2. The van der Waals surface area contributed by atoms with Gasteiger partial charge in [-0.1, -0.05) is 83.9 Å². The van der Waals surface area contributed by atoms with Gasteiger partial charge in [0.05, 0.1) is 0 Å². The molecule has 4 heteroatoms. The third kappa shape index (κ3) is 3.43. The van der Waals surface area contributed by atoms with Gasteiger partial charge in [-0.3, -0.25) is 0 Å². The first-order valence-electron chi connectivity index (χ1n) is 10.9. The van der Waals surface area contributed by atoms with E-state index in [4.69, 9.17) is 27.6 Å². The summed E-state index contributed by atoms with van der Waals surface area (Å²) < 4.78 is 6.53. The summed E-state index contributed by atoms with van der Waals surface area (Å²) in [5, 5.41) is 12.9. The second kappa shape index (κ2) is 8.25. The highest BCUT2D eigenvalue weighted by atomic mass is 35.5. The summed E-state index contributed by atoms with van der Waals surface area (Å²) >= 11 is 12.5. The Morgan fingerprint density at radius 2 is 1.21 bits per heavy atom. The SMILES string of the molecule is Oc1cc(Cl)ccc1-c1cc(-c2ccccc2)c2c(-c3ccccc3)oc3cc(Cl)ccc3c1-2. The van der Waals surface area contributed by atoms with E-state index in [1.54, 1.807) is 12.1 Å². The van der Waals surface area contributed by atoms with E-state index in [0.717, 1.165) is 44.5 Å². The minimum Gasteiger partial charge on any atom is -0.507 e. The van der Waals surface area contributed by atoms with Crippen LogP contribution in [0.25, 0.3) is 55.7 Å². The lowest BCUT2D eigenvalue weighted by atomic mass is 9.92. The lowest BCUT2D eigenvalue weighted by molar-refractivity contribution is 0.477. The van der Waals surface area contributed by atoms with E-state index in [0.29, 0.717) is 21.2 Å². The van der Waals surface area contributed by atoms with E-state index in [1.165, 1.54) is 0 Å². The number of aromatic hydroxyl groups is 1. The van der Waals surface area contributed by atoms with Crippen molar-refractivity contribution in [2.75, 3.05) is 0 Å². The van der Waals surface area contributed by atoms with Crippen molar-refractivity contribution in [3.8, 4) is 50.5 Å². The molecule has 0 spiro atoms. The number of halogens is 2. The van der Waals surface area contributed by atoms with E-state index < -0.39 is 0 Å². The average molecular weight is 481 g/mol. The van der Waals surface area contributed by atoms with Crippen LogP contribution >= 0.6 is 23.2 Å². The van der Waals surface area contributed by atoms with E-state index in [9.17, 15) is 5.11 Å². The second-order valence-corrected chi connectivity index (χ2v) is 9.06. The van der Waals surface area contributed by atoms with Crippen molar-refractivity contribution in [2.24, 2.45) is 0 Å². The van der Waals surface area contributed by atoms with Crippen molar-refractivity contribution in [3.05, 3.63) is 113 Å². The first kappa shape index (κ1) is 20.9. The highest BCUT2D eigenvalue weighted by Gasteiger charge is 2.28. The van der Waals surface area contributed by atoms with Crippen LogP contribution in [0.2, 0.25) is 10.0 Å². The van der Waals surface area contributed by atoms with E-state index >= 15 is 0 Å². The topological polar surface area (TPSA) is 33.4 Å². The Morgan fingerprint density at radius 3 is 1.91 bits per heavy atom.